The van der Waals surface area contributed by atoms with E-state index in [1.165, 1.54) is 64.2 Å². The Kier molecular flexibility index (Phi) is 39.1. The number of allylic oxidation sites excluding steroid dienone is 12. The van der Waals surface area contributed by atoms with Crippen molar-refractivity contribution < 1.29 is 42.1 Å². The fraction of sp³-hybridized carbons (Fsp3) is 0.714. The van der Waals surface area contributed by atoms with Crippen LogP contribution < -0.4 is 0 Å². The minimum Gasteiger partial charge on any atom is -0.462 e. The fourth-order valence-corrected chi connectivity index (χ4v) is 6.53. The Balaban J connectivity index is 4.44. The van der Waals surface area contributed by atoms with Gasteiger partial charge in [-0.2, -0.15) is 0 Å². The molecule has 0 radical (unpaired) electrons. The monoisotopic (exact) mass is 849 g/mol. The molecule has 340 valence electrons. The van der Waals surface area contributed by atoms with E-state index in [2.05, 4.69) is 86.8 Å². The van der Waals surface area contributed by atoms with Crippen LogP contribution in [0.4, 0.5) is 0 Å². The Morgan fingerprint density at radius 1 is 0.525 bits per heavy atom. The van der Waals surface area contributed by atoms with Crippen molar-refractivity contribution in [3.63, 3.8) is 0 Å². The Morgan fingerprint density at radius 3 is 1.46 bits per heavy atom. The van der Waals surface area contributed by atoms with Crippen molar-refractivity contribution in [1.82, 2.24) is 0 Å². The summed E-state index contributed by atoms with van der Waals surface area (Å²) in [6.45, 7) is 4.28. The SMILES string of the molecule is CCCC/C=C/C/C=C/CCCCCCCC(=O)O[C@@H](COC(=O)CCC/C=C/C/C=C/C/C=C/C/C=C/CCCCCCCCC)COP(=O)(O)OCC[N+](C)(C)C. The fourth-order valence-electron chi connectivity index (χ4n) is 5.79. The van der Waals surface area contributed by atoms with E-state index in [-0.39, 0.29) is 26.1 Å². The quantitative estimate of drug-likeness (QED) is 0.0213. The van der Waals surface area contributed by atoms with Crippen molar-refractivity contribution in [2.75, 3.05) is 47.5 Å². The molecule has 0 aliphatic carbocycles. The maximum absolute atomic E-state index is 12.7. The summed E-state index contributed by atoms with van der Waals surface area (Å²) in [7, 11) is 1.43. The van der Waals surface area contributed by atoms with Gasteiger partial charge in [-0.05, 0) is 77.0 Å². The summed E-state index contributed by atoms with van der Waals surface area (Å²) < 4.78 is 34.2. The Hall–Kier alpha value is -2.55. The molecule has 9 nitrogen and oxygen atoms in total. The number of esters is 2. The molecule has 1 unspecified atom stereocenters. The van der Waals surface area contributed by atoms with Crippen molar-refractivity contribution in [1.29, 1.82) is 0 Å². The van der Waals surface area contributed by atoms with Gasteiger partial charge in [0.05, 0.1) is 27.7 Å². The van der Waals surface area contributed by atoms with Gasteiger partial charge >= 0.3 is 19.8 Å². The standard InChI is InChI=1S/C49H86NO8P/c1-6-8-10-12-14-16-18-20-22-23-24-25-26-27-28-30-31-33-35-37-39-41-48(51)55-45-47(46-57-59(53,54)56-44-43-50(3,4)5)58-49(52)42-40-38-36-34-32-29-21-19-17-15-13-11-9-7-2/h13,15,19,21-23,25-26,28,30,33,35,47H,6-12,14,16-18,20,24,27,29,31-32,34,36-46H2,1-5H3/p+1/b15-13+,21-19+,23-22+,26-25+,30-28+,35-33+/t47-/m0/s1. The second-order valence-electron chi connectivity index (χ2n) is 16.4. The van der Waals surface area contributed by atoms with E-state index in [0.29, 0.717) is 23.9 Å². The number of carbonyl (C=O) groups excluding carboxylic acids is 2. The number of nitrogens with zero attached hydrogens (tertiary/aromatic N) is 1. The molecule has 0 saturated carbocycles. The second-order valence-corrected chi connectivity index (χ2v) is 17.9. The first-order valence-electron chi connectivity index (χ1n) is 23.2. The summed E-state index contributed by atoms with van der Waals surface area (Å²) in [4.78, 5) is 35.4. The Morgan fingerprint density at radius 2 is 0.949 bits per heavy atom. The molecule has 0 fully saturated rings. The van der Waals surface area contributed by atoms with Crippen LogP contribution in [0.25, 0.3) is 0 Å². The van der Waals surface area contributed by atoms with Gasteiger partial charge in [0.1, 0.15) is 19.8 Å². The molecule has 2 atom stereocenters. The first-order chi connectivity index (χ1) is 28.5. The van der Waals surface area contributed by atoms with Crippen molar-refractivity contribution in [3.05, 3.63) is 72.9 Å². The topological polar surface area (TPSA) is 108 Å². The van der Waals surface area contributed by atoms with Gasteiger partial charge in [0.15, 0.2) is 6.10 Å². The number of phosphoric acid groups is 1. The first-order valence-corrected chi connectivity index (χ1v) is 24.7. The number of unbranched alkanes of at least 4 members (excludes halogenated alkanes) is 15. The van der Waals surface area contributed by atoms with Crippen LogP contribution in [-0.4, -0.2) is 74.9 Å². The highest BCUT2D eigenvalue weighted by Gasteiger charge is 2.27. The molecule has 1 N–H and O–H groups in total. The number of hydrogen-bond acceptors (Lipinski definition) is 7. The van der Waals surface area contributed by atoms with Crippen LogP contribution >= 0.6 is 7.82 Å². The van der Waals surface area contributed by atoms with Crippen LogP contribution in [-0.2, 0) is 32.7 Å². The predicted octanol–water partition coefficient (Wildman–Crippen LogP) is 13.4. The van der Waals surface area contributed by atoms with Crippen LogP contribution in [0.2, 0.25) is 0 Å². The van der Waals surface area contributed by atoms with E-state index in [1.54, 1.807) is 0 Å². The molecule has 0 aromatic heterocycles. The number of quaternary nitrogens is 1. The lowest BCUT2D eigenvalue weighted by atomic mass is 10.1. The minimum atomic E-state index is -4.40. The molecule has 0 aliphatic heterocycles. The summed E-state index contributed by atoms with van der Waals surface area (Å²) in [6, 6.07) is 0. The zero-order chi connectivity index (χ0) is 43.6. The van der Waals surface area contributed by atoms with E-state index in [0.717, 1.165) is 70.6 Å². The lowest BCUT2D eigenvalue weighted by Crippen LogP contribution is -2.37. The number of likely N-dealkylation sites (N-methyl/N-ethyl adjacent to an activating group) is 1. The van der Waals surface area contributed by atoms with E-state index < -0.39 is 32.5 Å². The van der Waals surface area contributed by atoms with Crippen LogP contribution in [0.1, 0.15) is 174 Å². The minimum absolute atomic E-state index is 0.0169. The highest BCUT2D eigenvalue weighted by atomic mass is 31.2. The number of phosphoric ester groups is 1. The molecule has 59 heavy (non-hydrogen) atoms. The maximum atomic E-state index is 12.7. The summed E-state index contributed by atoms with van der Waals surface area (Å²) in [5, 5.41) is 0. The molecule has 0 heterocycles. The largest absolute Gasteiger partial charge is 0.472 e. The van der Waals surface area contributed by atoms with Gasteiger partial charge in [-0.25, -0.2) is 4.57 Å². The van der Waals surface area contributed by atoms with Gasteiger partial charge in [0.25, 0.3) is 0 Å². The van der Waals surface area contributed by atoms with Gasteiger partial charge in [-0.3, -0.25) is 18.6 Å². The van der Waals surface area contributed by atoms with Crippen LogP contribution in [0.5, 0.6) is 0 Å². The summed E-state index contributed by atoms with van der Waals surface area (Å²) in [6.07, 6.45) is 51.0. The highest BCUT2D eigenvalue weighted by molar-refractivity contribution is 7.47. The summed E-state index contributed by atoms with van der Waals surface area (Å²) in [5.74, 6) is -0.886. The van der Waals surface area contributed by atoms with E-state index in [4.69, 9.17) is 18.5 Å². The molecular formula is C49H87NO8P+. The average molecular weight is 849 g/mol. The molecule has 0 aromatic rings. The second kappa shape index (κ2) is 40.8. The Bertz CT molecular complexity index is 1230. The van der Waals surface area contributed by atoms with Crippen molar-refractivity contribution >= 4 is 19.8 Å². The van der Waals surface area contributed by atoms with Gasteiger partial charge < -0.3 is 18.9 Å². The lowest BCUT2D eigenvalue weighted by Gasteiger charge is -2.24. The molecule has 0 rings (SSSR count). The molecule has 0 spiro atoms. The van der Waals surface area contributed by atoms with Crippen molar-refractivity contribution in [3.8, 4) is 0 Å². The number of ether oxygens (including phenoxy) is 2. The van der Waals surface area contributed by atoms with Crippen LogP contribution in [0, 0.1) is 0 Å². The smallest absolute Gasteiger partial charge is 0.462 e. The summed E-state index contributed by atoms with van der Waals surface area (Å²) >= 11 is 0. The molecule has 0 bridgehead atoms. The first kappa shape index (κ1) is 56.5. The van der Waals surface area contributed by atoms with E-state index in [9.17, 15) is 19.0 Å². The molecule has 0 amide bonds. The zero-order valence-corrected chi connectivity index (χ0v) is 39.1. The van der Waals surface area contributed by atoms with Gasteiger partial charge in [0.2, 0.25) is 0 Å². The van der Waals surface area contributed by atoms with Crippen molar-refractivity contribution in [2.24, 2.45) is 0 Å². The van der Waals surface area contributed by atoms with E-state index >= 15 is 0 Å². The number of carbonyl (C=O) groups is 2. The summed E-state index contributed by atoms with van der Waals surface area (Å²) in [5.41, 5.74) is 0. The third-order valence-corrected chi connectivity index (χ3v) is 10.4. The molecular weight excluding hydrogens is 762 g/mol. The number of hydrogen-bond donors (Lipinski definition) is 1. The van der Waals surface area contributed by atoms with Gasteiger partial charge in [-0.15, -0.1) is 0 Å². The van der Waals surface area contributed by atoms with E-state index in [1.807, 2.05) is 21.1 Å². The number of rotatable bonds is 41. The van der Waals surface area contributed by atoms with Gasteiger partial charge in [0, 0.05) is 12.8 Å². The average Bonchev–Trinajstić information content (AvgIpc) is 3.19. The van der Waals surface area contributed by atoms with Gasteiger partial charge in [-0.1, -0.05) is 157 Å². The van der Waals surface area contributed by atoms with Crippen LogP contribution in [0.3, 0.4) is 0 Å². The lowest BCUT2D eigenvalue weighted by molar-refractivity contribution is -0.870. The predicted molar refractivity (Wildman–Crippen MR) is 247 cm³/mol. The van der Waals surface area contributed by atoms with Crippen LogP contribution in [0.15, 0.2) is 72.9 Å². The van der Waals surface area contributed by atoms with Crippen molar-refractivity contribution in [2.45, 2.75) is 180 Å². The molecule has 0 aromatic carbocycles. The third kappa shape index (κ3) is 44.8. The molecule has 10 heteroatoms. The Labute approximate surface area is 361 Å². The maximum Gasteiger partial charge on any atom is 0.472 e. The highest BCUT2D eigenvalue weighted by Crippen LogP contribution is 2.43. The molecule has 0 saturated heterocycles. The molecule has 0 aliphatic rings. The third-order valence-electron chi connectivity index (χ3n) is 9.46. The zero-order valence-electron chi connectivity index (χ0n) is 38.2. The normalized spacial score (nSPS) is 14.2.